The molecule has 3 heterocycles. The van der Waals surface area contributed by atoms with Crippen molar-refractivity contribution in [3.8, 4) is 0 Å². The Labute approximate surface area is 123 Å². The highest BCUT2D eigenvalue weighted by Gasteiger charge is 2.15. The number of halogens is 1. The molecule has 0 aliphatic rings. The number of nitrogens with one attached hydrogen (secondary N) is 2. The Morgan fingerprint density at radius 2 is 2.30 bits per heavy atom. The van der Waals surface area contributed by atoms with Crippen LogP contribution in [-0.4, -0.2) is 30.6 Å². The van der Waals surface area contributed by atoms with Gasteiger partial charge in [0.2, 0.25) is 5.28 Å². The third-order valence-electron chi connectivity index (χ3n) is 2.87. The molecule has 0 saturated heterocycles. The number of hydrogen-bond acceptors (Lipinski definition) is 7. The predicted octanol–water partition coefficient (Wildman–Crippen LogP) is 2.59. The van der Waals surface area contributed by atoms with Gasteiger partial charge in [0.05, 0.1) is 11.4 Å². The van der Waals surface area contributed by atoms with Crippen LogP contribution in [0.4, 0.5) is 5.82 Å². The molecule has 2 N–H and O–H groups in total. The van der Waals surface area contributed by atoms with Crippen LogP contribution in [-0.2, 0) is 6.42 Å². The van der Waals surface area contributed by atoms with Crippen LogP contribution < -0.4 is 5.32 Å². The molecular formula is C11H12ClN7S. The van der Waals surface area contributed by atoms with Gasteiger partial charge in [-0.05, 0) is 31.0 Å². The lowest BCUT2D eigenvalue weighted by atomic mass is 10.2. The number of aromatic amines is 1. The minimum absolute atomic E-state index is 0.132. The molecule has 20 heavy (non-hydrogen) atoms. The van der Waals surface area contributed by atoms with E-state index in [1.165, 1.54) is 4.88 Å². The fourth-order valence-electron chi connectivity index (χ4n) is 1.85. The molecule has 0 spiro atoms. The summed E-state index contributed by atoms with van der Waals surface area (Å²) in [4.78, 5) is 10.6. The van der Waals surface area contributed by atoms with Crippen molar-refractivity contribution in [2.45, 2.75) is 26.3 Å². The van der Waals surface area contributed by atoms with E-state index in [-0.39, 0.29) is 11.3 Å². The molecule has 3 aromatic heterocycles. The van der Waals surface area contributed by atoms with Crippen LogP contribution in [0.3, 0.4) is 0 Å². The molecule has 0 bridgehead atoms. The molecule has 3 rings (SSSR count). The van der Waals surface area contributed by atoms with E-state index < -0.39 is 0 Å². The van der Waals surface area contributed by atoms with Crippen molar-refractivity contribution in [3.63, 3.8) is 0 Å². The summed E-state index contributed by atoms with van der Waals surface area (Å²) in [6.07, 6.45) is 0.957. The lowest BCUT2D eigenvalue weighted by Crippen LogP contribution is -2.10. The molecule has 0 radical (unpaired) electrons. The second-order valence-corrected chi connectivity index (χ2v) is 5.72. The molecule has 0 amide bonds. The van der Waals surface area contributed by atoms with Gasteiger partial charge in [-0.1, -0.05) is 12.1 Å². The summed E-state index contributed by atoms with van der Waals surface area (Å²) in [5, 5.41) is 18.3. The summed E-state index contributed by atoms with van der Waals surface area (Å²) in [7, 11) is 0. The summed E-state index contributed by atoms with van der Waals surface area (Å²) in [5.41, 5.74) is 0. The average Bonchev–Trinajstić information content (AvgIpc) is 3.07. The Morgan fingerprint density at radius 3 is 3.00 bits per heavy atom. The first-order valence-corrected chi connectivity index (χ1v) is 7.32. The van der Waals surface area contributed by atoms with Crippen molar-refractivity contribution in [2.75, 3.05) is 5.32 Å². The van der Waals surface area contributed by atoms with Crippen LogP contribution in [0.2, 0.25) is 5.28 Å². The van der Waals surface area contributed by atoms with E-state index in [1.807, 2.05) is 6.92 Å². The molecular weight excluding hydrogens is 298 g/mol. The van der Waals surface area contributed by atoms with Gasteiger partial charge in [0, 0.05) is 4.88 Å². The van der Waals surface area contributed by atoms with Crippen molar-refractivity contribution in [3.05, 3.63) is 22.1 Å². The number of hydrogen-bond donors (Lipinski definition) is 2. The Balaban J connectivity index is 1.99. The van der Waals surface area contributed by atoms with Gasteiger partial charge in [-0.3, -0.25) is 0 Å². The molecule has 0 fully saturated rings. The minimum Gasteiger partial charge on any atom is -0.359 e. The standard InChI is InChI=1S/C11H12ClN7S/c1-3-6-4-7-9(14-11(12)15-10(7)20-6)13-5(2)8-16-18-19-17-8/h4-5H,3H2,1-2H3,(H,13,14,15)(H,16,17,18,19). The van der Waals surface area contributed by atoms with Gasteiger partial charge in [0.15, 0.2) is 5.82 Å². The summed E-state index contributed by atoms with van der Waals surface area (Å²) in [6.45, 7) is 4.04. The summed E-state index contributed by atoms with van der Waals surface area (Å²) >= 11 is 7.60. The first kappa shape index (κ1) is 13.2. The highest BCUT2D eigenvalue weighted by Crippen LogP contribution is 2.31. The Morgan fingerprint density at radius 1 is 1.45 bits per heavy atom. The molecule has 0 aliphatic carbocycles. The van der Waals surface area contributed by atoms with Crippen molar-refractivity contribution in [2.24, 2.45) is 0 Å². The second-order valence-electron chi connectivity index (χ2n) is 4.26. The first-order chi connectivity index (χ1) is 9.67. The van der Waals surface area contributed by atoms with E-state index >= 15 is 0 Å². The van der Waals surface area contributed by atoms with Gasteiger partial charge in [0.25, 0.3) is 0 Å². The normalized spacial score (nSPS) is 12.8. The smallest absolute Gasteiger partial charge is 0.225 e. The van der Waals surface area contributed by atoms with E-state index in [0.717, 1.165) is 16.6 Å². The van der Waals surface area contributed by atoms with Gasteiger partial charge in [-0.15, -0.1) is 21.5 Å². The fourth-order valence-corrected chi connectivity index (χ4v) is 3.04. The van der Waals surface area contributed by atoms with Crippen molar-refractivity contribution >= 4 is 39.0 Å². The second kappa shape index (κ2) is 5.29. The molecule has 0 aromatic carbocycles. The Bertz CT molecular complexity index is 724. The van der Waals surface area contributed by atoms with Crippen LogP contribution in [0.5, 0.6) is 0 Å². The monoisotopic (exact) mass is 309 g/mol. The molecule has 9 heteroatoms. The number of thiophene rings is 1. The van der Waals surface area contributed by atoms with E-state index in [2.05, 4.69) is 48.9 Å². The summed E-state index contributed by atoms with van der Waals surface area (Å²) < 4.78 is 0. The van der Waals surface area contributed by atoms with Crippen molar-refractivity contribution in [1.82, 2.24) is 30.6 Å². The zero-order valence-electron chi connectivity index (χ0n) is 10.9. The molecule has 104 valence electrons. The number of rotatable bonds is 4. The Kier molecular flexibility index (Phi) is 3.49. The van der Waals surface area contributed by atoms with Gasteiger partial charge in [-0.2, -0.15) is 5.21 Å². The highest BCUT2D eigenvalue weighted by atomic mass is 35.5. The Hall–Kier alpha value is -1.80. The third-order valence-corrected chi connectivity index (χ3v) is 4.21. The molecule has 3 aromatic rings. The van der Waals surface area contributed by atoms with Crippen molar-refractivity contribution in [1.29, 1.82) is 0 Å². The number of nitrogens with zero attached hydrogens (tertiary/aromatic N) is 5. The molecule has 1 unspecified atom stereocenters. The predicted molar refractivity (Wildman–Crippen MR) is 78.0 cm³/mol. The number of fused-ring (bicyclic) bond motifs is 1. The van der Waals surface area contributed by atoms with Crippen LogP contribution in [0.15, 0.2) is 6.07 Å². The zero-order chi connectivity index (χ0) is 14.1. The van der Waals surface area contributed by atoms with Crippen molar-refractivity contribution < 1.29 is 0 Å². The van der Waals surface area contributed by atoms with E-state index in [0.29, 0.717) is 11.6 Å². The minimum atomic E-state index is -0.132. The number of aromatic nitrogens is 6. The van der Waals surface area contributed by atoms with Gasteiger partial charge < -0.3 is 5.32 Å². The third kappa shape index (κ3) is 2.44. The van der Waals surface area contributed by atoms with E-state index in [4.69, 9.17) is 11.6 Å². The molecule has 1 atom stereocenters. The summed E-state index contributed by atoms with van der Waals surface area (Å²) in [6, 6.07) is 1.95. The van der Waals surface area contributed by atoms with Crippen LogP contribution in [0.25, 0.3) is 10.2 Å². The van der Waals surface area contributed by atoms with Crippen LogP contribution in [0.1, 0.15) is 30.6 Å². The van der Waals surface area contributed by atoms with Crippen LogP contribution in [0, 0.1) is 0 Å². The molecule has 0 aliphatic heterocycles. The van der Waals surface area contributed by atoms with E-state index in [1.54, 1.807) is 11.3 Å². The lowest BCUT2D eigenvalue weighted by Gasteiger charge is -2.11. The molecule has 7 nitrogen and oxygen atoms in total. The maximum atomic E-state index is 5.98. The lowest BCUT2D eigenvalue weighted by molar-refractivity contribution is 0.789. The van der Waals surface area contributed by atoms with Gasteiger partial charge in [0.1, 0.15) is 10.6 Å². The largest absolute Gasteiger partial charge is 0.359 e. The van der Waals surface area contributed by atoms with Crippen LogP contribution >= 0.6 is 22.9 Å². The molecule has 0 saturated carbocycles. The van der Waals surface area contributed by atoms with Gasteiger partial charge >= 0.3 is 0 Å². The van der Waals surface area contributed by atoms with E-state index in [9.17, 15) is 0 Å². The maximum Gasteiger partial charge on any atom is 0.225 e. The maximum absolute atomic E-state index is 5.98. The SMILES string of the molecule is CCc1cc2c(NC(C)c3nn[nH]n3)nc(Cl)nc2s1. The zero-order valence-corrected chi connectivity index (χ0v) is 12.5. The topological polar surface area (TPSA) is 92.3 Å². The summed E-state index contributed by atoms with van der Waals surface area (Å²) in [5.74, 6) is 1.26. The quantitative estimate of drug-likeness (QED) is 0.720. The average molecular weight is 310 g/mol. The first-order valence-electron chi connectivity index (χ1n) is 6.13. The number of anilines is 1. The fraction of sp³-hybridized carbons (Fsp3) is 0.364. The number of tetrazole rings is 1. The number of aryl methyl sites for hydroxylation is 1. The number of H-pyrrole nitrogens is 1. The highest BCUT2D eigenvalue weighted by molar-refractivity contribution is 7.18. The van der Waals surface area contributed by atoms with Gasteiger partial charge in [-0.25, -0.2) is 9.97 Å².